The van der Waals surface area contributed by atoms with Crippen molar-refractivity contribution in [3.8, 4) is 22.3 Å². The molecule has 0 aliphatic carbocycles. The number of carbonyl (C=O) groups is 3. The number of aromatic nitrogens is 4. The van der Waals surface area contributed by atoms with Crippen LogP contribution in [0.2, 0.25) is 0 Å². The lowest BCUT2D eigenvalue weighted by Gasteiger charge is -2.11. The van der Waals surface area contributed by atoms with Gasteiger partial charge in [0.1, 0.15) is 0 Å². The second-order valence-corrected chi connectivity index (χ2v) is 16.1. The van der Waals surface area contributed by atoms with E-state index in [1.165, 1.54) is 48.5 Å². The molecule has 0 saturated heterocycles. The van der Waals surface area contributed by atoms with Gasteiger partial charge in [-0.05, 0) is 119 Å². The predicted molar refractivity (Wildman–Crippen MR) is 224 cm³/mol. The molecular weight excluding hydrogens is 813 g/mol. The zero-order valence-electron chi connectivity index (χ0n) is 30.7. The van der Waals surface area contributed by atoms with Crippen LogP contribution < -0.4 is 21.3 Å². The predicted octanol–water partition coefficient (Wildman–Crippen LogP) is 7.42. The Balaban J connectivity index is 0.907. The summed E-state index contributed by atoms with van der Waals surface area (Å²) in [4.78, 5) is 53.0. The van der Waals surface area contributed by atoms with Gasteiger partial charge >= 0.3 is 6.03 Å². The molecule has 8 aromatic rings. The number of aromatic amines is 2. The van der Waals surface area contributed by atoms with Crippen molar-refractivity contribution in [3.05, 3.63) is 145 Å². The molecule has 19 heteroatoms. The minimum Gasteiger partial charge on any atom is -0.334 e. The first-order valence-corrected chi connectivity index (χ1v) is 20.6. The van der Waals surface area contributed by atoms with Crippen LogP contribution in [0.4, 0.5) is 27.5 Å². The highest BCUT2D eigenvalue weighted by Gasteiger charge is 2.17. The number of nitrogens with zero attached hydrogens (tertiary/aromatic N) is 2. The molecule has 0 unspecified atom stereocenters. The lowest BCUT2D eigenvalue weighted by atomic mass is 10.0. The molecule has 300 valence electrons. The van der Waals surface area contributed by atoms with Gasteiger partial charge in [-0.2, -0.15) is 16.8 Å². The molecule has 0 radical (unpaired) electrons. The number of hydrogen-bond acceptors (Lipinski definition) is 9. The number of anilines is 4. The monoisotopic (exact) mass is 842 g/mol. The van der Waals surface area contributed by atoms with Crippen molar-refractivity contribution >= 4 is 82.9 Å². The van der Waals surface area contributed by atoms with E-state index in [9.17, 15) is 40.3 Å². The fourth-order valence-electron chi connectivity index (χ4n) is 6.24. The number of fused-ring (bicyclic) bond motifs is 2. The Kier molecular flexibility index (Phi) is 10.2. The molecule has 17 nitrogen and oxygen atoms in total. The summed E-state index contributed by atoms with van der Waals surface area (Å²) >= 11 is 0. The summed E-state index contributed by atoms with van der Waals surface area (Å²) in [6.45, 7) is 0. The van der Waals surface area contributed by atoms with Gasteiger partial charge in [0.05, 0.1) is 31.9 Å². The number of amides is 4. The van der Waals surface area contributed by atoms with Crippen molar-refractivity contribution in [1.29, 1.82) is 0 Å². The fourth-order valence-corrected chi connectivity index (χ4v) is 7.20. The molecule has 0 spiro atoms. The highest BCUT2D eigenvalue weighted by atomic mass is 32.2. The van der Waals surface area contributed by atoms with Crippen molar-refractivity contribution in [3.63, 3.8) is 0 Å². The van der Waals surface area contributed by atoms with Gasteiger partial charge in [-0.3, -0.25) is 18.7 Å². The van der Waals surface area contributed by atoms with E-state index in [0.717, 1.165) is 22.3 Å². The summed E-state index contributed by atoms with van der Waals surface area (Å²) in [6, 6.07) is 34.8. The van der Waals surface area contributed by atoms with E-state index in [1.807, 2.05) is 36.4 Å². The first-order chi connectivity index (χ1) is 28.6. The Labute approximate surface area is 340 Å². The Morgan fingerprint density at radius 3 is 1.22 bits per heavy atom. The molecule has 6 aromatic carbocycles. The van der Waals surface area contributed by atoms with E-state index >= 15 is 0 Å². The molecule has 0 fully saturated rings. The van der Waals surface area contributed by atoms with Gasteiger partial charge in [0.15, 0.2) is 11.6 Å². The lowest BCUT2D eigenvalue weighted by Crippen LogP contribution is -2.19. The zero-order valence-corrected chi connectivity index (χ0v) is 32.3. The standard InChI is InChI=1S/C41H30N8O9S2/c50-39(42-27-9-13-31(14-10-27)59(53,54)55)37-46-33-17-7-25(21-35(33)48-37)23-3-1-5-29(19-23)44-41(52)45-30-6-2-4-24(20-30)26-8-18-34-36(22-26)49-38(47-34)40(51)43-28-11-15-32(16-12-28)60(56,57)58/h1-22H,(H,42,50)(H,43,51)(H,46,48)(H,47,49)(H2,44,45,52)(H,53,54,55)(H,56,57,58). The van der Waals surface area contributed by atoms with Gasteiger partial charge in [-0.1, -0.05) is 36.4 Å². The largest absolute Gasteiger partial charge is 0.334 e. The number of hydrogen-bond donors (Lipinski definition) is 8. The minimum atomic E-state index is -4.37. The molecule has 8 rings (SSSR count). The number of rotatable bonds is 10. The zero-order chi connectivity index (χ0) is 42.2. The normalized spacial score (nSPS) is 11.6. The lowest BCUT2D eigenvalue weighted by molar-refractivity contribution is 0.101. The van der Waals surface area contributed by atoms with Crippen LogP contribution in [0, 0.1) is 0 Å². The third kappa shape index (κ3) is 8.73. The van der Waals surface area contributed by atoms with Crippen molar-refractivity contribution in [1.82, 2.24) is 19.9 Å². The number of urea groups is 1. The van der Waals surface area contributed by atoms with E-state index in [1.54, 1.807) is 48.5 Å². The first kappa shape index (κ1) is 39.1. The van der Waals surface area contributed by atoms with E-state index in [0.29, 0.717) is 44.8 Å². The van der Waals surface area contributed by atoms with E-state index < -0.39 is 38.1 Å². The van der Waals surface area contributed by atoms with Crippen molar-refractivity contribution in [2.75, 3.05) is 21.3 Å². The van der Waals surface area contributed by atoms with Crippen molar-refractivity contribution < 1.29 is 40.3 Å². The topological polar surface area (TPSA) is 265 Å². The van der Waals surface area contributed by atoms with E-state index in [-0.39, 0.29) is 21.4 Å². The summed E-state index contributed by atoms with van der Waals surface area (Å²) in [5.74, 6) is -1.05. The molecule has 0 saturated carbocycles. The van der Waals surface area contributed by atoms with Crippen LogP contribution in [0.3, 0.4) is 0 Å². The number of benzene rings is 6. The molecule has 4 amide bonds. The average molecular weight is 843 g/mol. The highest BCUT2D eigenvalue weighted by Crippen LogP contribution is 2.28. The number of nitrogens with one attached hydrogen (secondary N) is 6. The maximum absolute atomic E-state index is 13.1. The van der Waals surface area contributed by atoms with Crippen LogP contribution in [-0.2, 0) is 20.2 Å². The van der Waals surface area contributed by atoms with Gasteiger partial charge in [0, 0.05) is 22.7 Å². The summed E-state index contributed by atoms with van der Waals surface area (Å²) < 4.78 is 63.6. The van der Waals surface area contributed by atoms with Gasteiger partial charge < -0.3 is 31.2 Å². The highest BCUT2D eigenvalue weighted by molar-refractivity contribution is 7.86. The smallest absolute Gasteiger partial charge is 0.323 e. The van der Waals surface area contributed by atoms with E-state index in [4.69, 9.17) is 0 Å². The van der Waals surface area contributed by atoms with E-state index in [2.05, 4.69) is 41.2 Å². The summed E-state index contributed by atoms with van der Waals surface area (Å²) in [5, 5.41) is 11.0. The summed E-state index contributed by atoms with van der Waals surface area (Å²) in [5.41, 5.74) is 6.99. The Morgan fingerprint density at radius 1 is 0.450 bits per heavy atom. The second-order valence-electron chi connectivity index (χ2n) is 13.3. The quantitative estimate of drug-likeness (QED) is 0.0628. The van der Waals surface area contributed by atoms with Crippen LogP contribution in [0.25, 0.3) is 44.3 Å². The first-order valence-electron chi connectivity index (χ1n) is 17.7. The number of imidazole rings is 2. The number of carbonyl (C=O) groups excluding carboxylic acids is 3. The summed E-state index contributed by atoms with van der Waals surface area (Å²) in [6.07, 6.45) is 0. The molecule has 0 aliphatic rings. The maximum atomic E-state index is 13.1. The van der Waals surface area contributed by atoms with Gasteiger partial charge in [0.25, 0.3) is 32.1 Å². The fraction of sp³-hybridized carbons (Fsp3) is 0. The van der Waals surface area contributed by atoms with Crippen LogP contribution in [0.15, 0.2) is 143 Å². The molecule has 0 atom stereocenters. The van der Waals surface area contributed by atoms with Gasteiger partial charge in [-0.15, -0.1) is 0 Å². The Bertz CT molecular complexity index is 3010. The molecule has 2 aromatic heterocycles. The molecular formula is C41H30N8O9S2. The molecule has 8 N–H and O–H groups in total. The van der Waals surface area contributed by atoms with Crippen LogP contribution >= 0.6 is 0 Å². The third-order valence-electron chi connectivity index (χ3n) is 9.12. The SMILES string of the molecule is O=C(Nc1cccc(-c2ccc3nc(C(=O)Nc4ccc(S(=O)(=O)O)cc4)[nH]c3c2)c1)Nc1cccc(-c2ccc3nc(C(=O)Nc4ccc(S(=O)(=O)O)cc4)[nH]c3c2)c1. The van der Waals surface area contributed by atoms with Gasteiger partial charge in [0.2, 0.25) is 0 Å². The van der Waals surface area contributed by atoms with Crippen LogP contribution in [-0.4, -0.2) is 63.7 Å². The summed E-state index contributed by atoms with van der Waals surface area (Å²) in [7, 11) is -8.74. The minimum absolute atomic E-state index is 0.0290. The molecule has 2 heterocycles. The maximum Gasteiger partial charge on any atom is 0.323 e. The Hall–Kier alpha value is -7.71. The second kappa shape index (κ2) is 15.6. The van der Waals surface area contributed by atoms with Crippen molar-refractivity contribution in [2.45, 2.75) is 9.79 Å². The van der Waals surface area contributed by atoms with Crippen LogP contribution in [0.1, 0.15) is 21.2 Å². The molecule has 60 heavy (non-hydrogen) atoms. The van der Waals surface area contributed by atoms with Gasteiger partial charge in [-0.25, -0.2) is 14.8 Å². The van der Waals surface area contributed by atoms with Crippen LogP contribution in [0.5, 0.6) is 0 Å². The molecule has 0 aliphatic heterocycles. The molecule has 0 bridgehead atoms. The van der Waals surface area contributed by atoms with Crippen molar-refractivity contribution in [2.24, 2.45) is 0 Å². The number of H-pyrrole nitrogens is 2. The Morgan fingerprint density at radius 2 is 0.833 bits per heavy atom. The average Bonchev–Trinajstić information content (AvgIpc) is 3.85. The third-order valence-corrected chi connectivity index (χ3v) is 10.9.